The Bertz CT molecular complexity index is 899. The van der Waals surface area contributed by atoms with E-state index in [1.807, 2.05) is 17.8 Å². The van der Waals surface area contributed by atoms with Crippen LogP contribution >= 0.6 is 0 Å². The summed E-state index contributed by atoms with van der Waals surface area (Å²) in [5, 5.41) is 11.9. The summed E-state index contributed by atoms with van der Waals surface area (Å²) in [5.41, 5.74) is 4.59. The molecule has 0 saturated carbocycles. The van der Waals surface area contributed by atoms with E-state index in [0.717, 1.165) is 43.1 Å². The summed E-state index contributed by atoms with van der Waals surface area (Å²) >= 11 is 0. The minimum atomic E-state index is 0.276. The number of aromatic nitrogens is 2. The van der Waals surface area contributed by atoms with E-state index in [4.69, 9.17) is 5.10 Å². The Labute approximate surface area is 160 Å². The molecule has 0 amide bonds. The maximum atomic E-state index is 4.78. The van der Waals surface area contributed by atoms with Crippen molar-refractivity contribution in [3.05, 3.63) is 83.7 Å². The second kappa shape index (κ2) is 8.08. The van der Waals surface area contributed by atoms with Crippen LogP contribution in [-0.4, -0.2) is 35.3 Å². The molecule has 1 unspecified atom stereocenters. The van der Waals surface area contributed by atoms with E-state index in [-0.39, 0.29) is 6.04 Å². The van der Waals surface area contributed by atoms with Crippen LogP contribution in [0.3, 0.4) is 0 Å². The van der Waals surface area contributed by atoms with Crippen LogP contribution in [0.15, 0.2) is 71.9 Å². The summed E-state index contributed by atoms with van der Waals surface area (Å²) in [6.07, 6.45) is 4.01. The van der Waals surface area contributed by atoms with Gasteiger partial charge >= 0.3 is 0 Å². The van der Waals surface area contributed by atoms with Crippen LogP contribution in [0, 0.1) is 0 Å². The molecule has 4 rings (SSSR count). The van der Waals surface area contributed by atoms with Crippen molar-refractivity contribution in [2.75, 3.05) is 18.9 Å². The first-order chi connectivity index (χ1) is 13.3. The average molecular weight is 359 g/mol. The summed E-state index contributed by atoms with van der Waals surface area (Å²) in [6.45, 7) is 1.69. The van der Waals surface area contributed by atoms with Crippen LogP contribution in [0.1, 0.15) is 16.8 Å². The third-order valence-corrected chi connectivity index (χ3v) is 4.89. The molecule has 5 nitrogen and oxygen atoms in total. The number of rotatable bonds is 5. The van der Waals surface area contributed by atoms with E-state index < -0.39 is 0 Å². The average Bonchev–Trinajstić information content (AvgIpc) is 3.06. The fourth-order valence-corrected chi connectivity index (χ4v) is 3.47. The second-order valence-corrected chi connectivity index (χ2v) is 6.87. The number of anilines is 1. The molecule has 0 aliphatic carbocycles. The van der Waals surface area contributed by atoms with Crippen LogP contribution in [0.25, 0.3) is 0 Å². The van der Waals surface area contributed by atoms with E-state index in [0.29, 0.717) is 0 Å². The van der Waals surface area contributed by atoms with Crippen molar-refractivity contribution in [1.29, 1.82) is 0 Å². The Morgan fingerprint density at radius 2 is 1.74 bits per heavy atom. The lowest BCUT2D eigenvalue weighted by atomic mass is 10.1. The van der Waals surface area contributed by atoms with Crippen LogP contribution < -0.4 is 10.6 Å². The van der Waals surface area contributed by atoms with Gasteiger partial charge in [0.1, 0.15) is 0 Å². The first-order valence-electron chi connectivity index (χ1n) is 9.44. The predicted molar refractivity (Wildman–Crippen MR) is 110 cm³/mol. The Balaban J connectivity index is 1.45. The van der Waals surface area contributed by atoms with Crippen LogP contribution in [0.5, 0.6) is 0 Å². The number of nitrogens with zero attached hydrogens (tertiary/aromatic N) is 3. The molecule has 2 aromatic carbocycles. The van der Waals surface area contributed by atoms with Gasteiger partial charge in [-0.05, 0) is 24.0 Å². The Kier molecular flexibility index (Phi) is 5.19. The summed E-state index contributed by atoms with van der Waals surface area (Å²) in [7, 11) is 1.82. The highest BCUT2D eigenvalue weighted by molar-refractivity contribution is 6.02. The van der Waals surface area contributed by atoms with Crippen LogP contribution in [0.2, 0.25) is 0 Å². The molecule has 0 spiro atoms. The van der Waals surface area contributed by atoms with Crippen molar-refractivity contribution in [3.8, 4) is 0 Å². The van der Waals surface area contributed by atoms with Crippen molar-refractivity contribution in [2.45, 2.75) is 25.4 Å². The number of nitrogens with one attached hydrogen (secondary N) is 2. The highest BCUT2D eigenvalue weighted by Gasteiger charge is 2.23. The topological polar surface area (TPSA) is 54.2 Å². The highest BCUT2D eigenvalue weighted by atomic mass is 15.3. The van der Waals surface area contributed by atoms with Crippen molar-refractivity contribution >= 4 is 11.5 Å². The summed E-state index contributed by atoms with van der Waals surface area (Å²) in [6, 6.07) is 21.3. The minimum absolute atomic E-state index is 0.276. The van der Waals surface area contributed by atoms with Crippen molar-refractivity contribution < 1.29 is 0 Å². The van der Waals surface area contributed by atoms with Gasteiger partial charge in [0.2, 0.25) is 0 Å². The molecule has 1 atom stereocenters. The van der Waals surface area contributed by atoms with E-state index >= 15 is 0 Å². The molecule has 0 saturated heterocycles. The molecule has 1 aliphatic rings. The number of hydrogen-bond donors (Lipinski definition) is 2. The minimum Gasteiger partial charge on any atom is -0.380 e. The molecule has 3 aromatic rings. The highest BCUT2D eigenvalue weighted by Crippen LogP contribution is 2.19. The molecule has 5 heteroatoms. The van der Waals surface area contributed by atoms with Gasteiger partial charge in [-0.2, -0.15) is 5.10 Å². The van der Waals surface area contributed by atoms with Crippen LogP contribution in [0.4, 0.5) is 5.69 Å². The van der Waals surface area contributed by atoms with Crippen molar-refractivity contribution in [3.63, 3.8) is 0 Å². The summed E-state index contributed by atoms with van der Waals surface area (Å²) < 4.78 is 2.01. The lowest BCUT2D eigenvalue weighted by Crippen LogP contribution is -2.39. The maximum Gasteiger partial charge on any atom is 0.151 e. The van der Waals surface area contributed by atoms with Gasteiger partial charge in [0, 0.05) is 32.4 Å². The van der Waals surface area contributed by atoms with Gasteiger partial charge in [-0.15, -0.1) is 0 Å². The molecule has 27 heavy (non-hydrogen) atoms. The lowest BCUT2D eigenvalue weighted by molar-refractivity contribution is 0.605. The number of benzene rings is 2. The van der Waals surface area contributed by atoms with E-state index in [2.05, 4.69) is 76.4 Å². The maximum absolute atomic E-state index is 4.78. The van der Waals surface area contributed by atoms with Gasteiger partial charge in [-0.1, -0.05) is 60.7 Å². The van der Waals surface area contributed by atoms with E-state index in [1.165, 1.54) is 11.1 Å². The van der Waals surface area contributed by atoms with Gasteiger partial charge in [0.25, 0.3) is 0 Å². The normalized spacial score (nSPS) is 17.7. The number of hydrogen-bond acceptors (Lipinski definition) is 3. The Morgan fingerprint density at radius 3 is 2.44 bits per heavy atom. The Hall–Kier alpha value is -3.08. The second-order valence-electron chi connectivity index (χ2n) is 6.87. The van der Waals surface area contributed by atoms with Crippen LogP contribution in [-0.2, 0) is 19.4 Å². The summed E-state index contributed by atoms with van der Waals surface area (Å²) in [4.78, 5) is 4.46. The van der Waals surface area contributed by atoms with Crippen molar-refractivity contribution in [1.82, 2.24) is 15.1 Å². The number of amidine groups is 1. The lowest BCUT2D eigenvalue weighted by Gasteiger charge is -2.17. The van der Waals surface area contributed by atoms with Gasteiger partial charge in [-0.25, -0.2) is 0 Å². The third-order valence-electron chi connectivity index (χ3n) is 4.89. The van der Waals surface area contributed by atoms with Gasteiger partial charge in [0.15, 0.2) is 11.5 Å². The quantitative estimate of drug-likeness (QED) is 0.736. The molecule has 0 bridgehead atoms. The van der Waals surface area contributed by atoms with E-state index in [1.54, 1.807) is 0 Å². The Morgan fingerprint density at radius 1 is 1.04 bits per heavy atom. The van der Waals surface area contributed by atoms with Crippen molar-refractivity contribution in [2.24, 2.45) is 4.99 Å². The molecule has 1 aromatic heterocycles. The van der Waals surface area contributed by atoms with Gasteiger partial charge in [-0.3, -0.25) is 9.67 Å². The number of aliphatic imine (C=N–C) groups is 1. The monoisotopic (exact) mass is 359 g/mol. The summed E-state index contributed by atoms with van der Waals surface area (Å²) in [5.74, 6) is 0.856. The fraction of sp³-hybridized carbons (Fsp3) is 0.273. The molecule has 0 radical (unpaired) electrons. The molecule has 2 N–H and O–H groups in total. The fourth-order valence-electron chi connectivity index (χ4n) is 3.47. The molecular formula is C22H25N5. The van der Waals surface area contributed by atoms with Gasteiger partial charge < -0.3 is 10.6 Å². The molecule has 138 valence electrons. The number of aryl methyl sites for hydroxylation is 2. The zero-order valence-electron chi connectivity index (χ0n) is 15.6. The molecule has 0 fully saturated rings. The molecule has 1 aliphatic heterocycles. The zero-order chi connectivity index (χ0) is 18.5. The number of fused-ring (bicyclic) bond motifs is 1. The first-order valence-corrected chi connectivity index (χ1v) is 9.44. The zero-order valence-corrected chi connectivity index (χ0v) is 15.6. The standard InChI is InChI=1S/C22H25N5/c1-23-22-21-20(16-27(26-21)13-12-17-8-4-2-5-9-17)24-15-19(25-22)14-18-10-6-3-7-11-18/h2-11,16,19,24H,12-15H2,1H3,(H,23,25). The third kappa shape index (κ3) is 4.19. The van der Waals surface area contributed by atoms with Gasteiger partial charge in [0.05, 0.1) is 5.69 Å². The molecule has 2 heterocycles. The smallest absolute Gasteiger partial charge is 0.151 e. The SMILES string of the molecule is CN=C1NC(Cc2ccccc2)CNc2cn(CCc3ccccc3)nc21. The van der Waals surface area contributed by atoms with E-state index in [9.17, 15) is 0 Å². The predicted octanol–water partition coefficient (Wildman–Crippen LogP) is 3.13. The molecular weight excluding hydrogens is 334 g/mol. The largest absolute Gasteiger partial charge is 0.380 e. The first kappa shape index (κ1) is 17.3.